The first-order valence-corrected chi connectivity index (χ1v) is 6.99. The molecule has 9 atom stereocenters. The van der Waals surface area contributed by atoms with Gasteiger partial charge in [-0.25, -0.2) is 4.79 Å². The number of rotatable bonds is 8. The lowest BCUT2D eigenvalue weighted by Gasteiger charge is -2.42. The van der Waals surface area contributed by atoms with E-state index in [0.29, 0.717) is 0 Å². The third-order valence-electron chi connectivity index (χ3n) is 3.62. The Morgan fingerprint density at radius 1 is 1.04 bits per heavy atom. The summed E-state index contributed by atoms with van der Waals surface area (Å²) in [5.74, 6) is -1.84. The molecule has 1 saturated heterocycles. The molecule has 0 aromatic carbocycles. The predicted molar refractivity (Wildman–Crippen MR) is 71.4 cm³/mol. The van der Waals surface area contributed by atoms with Crippen LogP contribution in [0.2, 0.25) is 0 Å². The topological polar surface area (TPSA) is 218 Å². The van der Waals surface area contributed by atoms with E-state index in [1.807, 2.05) is 0 Å². The van der Waals surface area contributed by atoms with Crippen LogP contribution >= 0.6 is 0 Å². The Bertz CT molecular complexity index is 403. The fourth-order valence-corrected chi connectivity index (χ4v) is 2.16. The number of carboxylic acids is 1. The van der Waals surface area contributed by atoms with Gasteiger partial charge in [-0.2, -0.15) is 0 Å². The van der Waals surface area contributed by atoms with Gasteiger partial charge >= 0.3 is 5.97 Å². The molecule has 0 amide bonds. The number of aliphatic carboxylic acids is 1. The summed E-state index contributed by atoms with van der Waals surface area (Å²) in [7, 11) is 0. The molecular formula is C12H22O12. The SMILES string of the molecule is O=C(O)C(O)C(O)[C@H](O[C@@H]1O[C@H](CO)[C@H](O)[C@H](O)[C@H]1O)C(O)CO. The maximum Gasteiger partial charge on any atom is 0.335 e. The second-order valence-corrected chi connectivity index (χ2v) is 5.32. The Balaban J connectivity index is 2.94. The van der Waals surface area contributed by atoms with Crippen LogP contribution in [0.25, 0.3) is 0 Å². The van der Waals surface area contributed by atoms with E-state index >= 15 is 0 Å². The van der Waals surface area contributed by atoms with Gasteiger partial charge in [0.15, 0.2) is 12.4 Å². The van der Waals surface area contributed by atoms with Gasteiger partial charge < -0.3 is 55.4 Å². The number of carboxylic acid groups (broad SMARTS) is 1. The summed E-state index contributed by atoms with van der Waals surface area (Å²) >= 11 is 0. The molecule has 12 nitrogen and oxygen atoms in total. The second-order valence-electron chi connectivity index (χ2n) is 5.32. The van der Waals surface area contributed by atoms with E-state index in [1.54, 1.807) is 0 Å². The molecule has 142 valence electrons. The highest BCUT2D eigenvalue weighted by Gasteiger charge is 2.47. The van der Waals surface area contributed by atoms with Crippen molar-refractivity contribution in [3.63, 3.8) is 0 Å². The van der Waals surface area contributed by atoms with Gasteiger partial charge in [0.05, 0.1) is 13.2 Å². The third kappa shape index (κ3) is 4.58. The van der Waals surface area contributed by atoms with Gasteiger partial charge in [0.2, 0.25) is 0 Å². The van der Waals surface area contributed by atoms with Crippen LogP contribution in [-0.4, -0.2) is 120 Å². The first-order chi connectivity index (χ1) is 11.1. The zero-order valence-electron chi connectivity index (χ0n) is 12.4. The molecule has 0 saturated carbocycles. The molecule has 1 aliphatic rings. The molecule has 0 radical (unpaired) electrons. The van der Waals surface area contributed by atoms with Gasteiger partial charge in [-0.3, -0.25) is 0 Å². The lowest BCUT2D eigenvalue weighted by molar-refractivity contribution is -0.326. The number of hydrogen-bond acceptors (Lipinski definition) is 11. The fourth-order valence-electron chi connectivity index (χ4n) is 2.16. The number of aliphatic hydroxyl groups excluding tert-OH is 8. The number of aliphatic hydroxyl groups is 8. The van der Waals surface area contributed by atoms with Crippen molar-refractivity contribution in [2.24, 2.45) is 0 Å². The van der Waals surface area contributed by atoms with Crippen LogP contribution in [0.4, 0.5) is 0 Å². The van der Waals surface area contributed by atoms with Crippen LogP contribution in [0.15, 0.2) is 0 Å². The normalized spacial score (nSPS) is 35.9. The smallest absolute Gasteiger partial charge is 0.335 e. The minimum atomic E-state index is -2.39. The van der Waals surface area contributed by atoms with Crippen molar-refractivity contribution in [2.75, 3.05) is 13.2 Å². The molecule has 1 heterocycles. The van der Waals surface area contributed by atoms with Crippen molar-refractivity contribution in [3.05, 3.63) is 0 Å². The van der Waals surface area contributed by atoms with E-state index in [1.165, 1.54) is 0 Å². The summed E-state index contributed by atoms with van der Waals surface area (Å²) in [6, 6.07) is 0. The molecule has 3 unspecified atom stereocenters. The van der Waals surface area contributed by atoms with Crippen molar-refractivity contribution in [2.45, 2.75) is 55.1 Å². The standard InChI is InChI=1S/C12H22O12/c13-1-3(15)10(7(18)8(19)11(21)22)24-12-9(20)6(17)5(16)4(2-14)23-12/h3-10,12-20H,1-2H2,(H,21,22)/t3?,4-,5+,6+,7?,8?,9-,10-,12+/m1/s1. The summed E-state index contributed by atoms with van der Waals surface area (Å²) in [6.07, 6.45) is -16.9. The van der Waals surface area contributed by atoms with Gasteiger partial charge in [0.1, 0.15) is 42.7 Å². The van der Waals surface area contributed by atoms with Crippen molar-refractivity contribution in [1.29, 1.82) is 0 Å². The maximum absolute atomic E-state index is 10.7. The quantitative estimate of drug-likeness (QED) is 0.198. The Morgan fingerprint density at radius 2 is 1.62 bits per heavy atom. The third-order valence-corrected chi connectivity index (χ3v) is 3.62. The lowest BCUT2D eigenvalue weighted by Crippen LogP contribution is -2.61. The fraction of sp³-hybridized carbons (Fsp3) is 0.917. The predicted octanol–water partition coefficient (Wildman–Crippen LogP) is -5.67. The number of hydrogen-bond donors (Lipinski definition) is 9. The van der Waals surface area contributed by atoms with Crippen LogP contribution in [0.1, 0.15) is 0 Å². The van der Waals surface area contributed by atoms with Crippen molar-refractivity contribution < 1.29 is 60.2 Å². The number of ether oxygens (including phenoxy) is 2. The average molecular weight is 358 g/mol. The van der Waals surface area contributed by atoms with Crippen molar-refractivity contribution >= 4 is 5.97 Å². The number of carbonyl (C=O) groups is 1. The molecular weight excluding hydrogens is 336 g/mol. The summed E-state index contributed by atoms with van der Waals surface area (Å²) in [5.41, 5.74) is 0. The first-order valence-electron chi connectivity index (χ1n) is 6.99. The highest BCUT2D eigenvalue weighted by molar-refractivity contribution is 5.72. The van der Waals surface area contributed by atoms with Crippen LogP contribution in [0, 0.1) is 0 Å². The Kier molecular flexibility index (Phi) is 7.88. The Labute approximate surface area is 135 Å². The highest BCUT2D eigenvalue weighted by Crippen LogP contribution is 2.24. The summed E-state index contributed by atoms with van der Waals surface area (Å²) in [5, 5.41) is 84.5. The first kappa shape index (κ1) is 21.1. The van der Waals surface area contributed by atoms with E-state index < -0.39 is 74.3 Å². The maximum atomic E-state index is 10.7. The van der Waals surface area contributed by atoms with E-state index in [2.05, 4.69) is 0 Å². The van der Waals surface area contributed by atoms with Gasteiger partial charge in [-0.05, 0) is 0 Å². The molecule has 24 heavy (non-hydrogen) atoms. The minimum Gasteiger partial charge on any atom is -0.479 e. The van der Waals surface area contributed by atoms with Crippen LogP contribution in [0.5, 0.6) is 0 Å². The van der Waals surface area contributed by atoms with Crippen molar-refractivity contribution in [3.8, 4) is 0 Å². The average Bonchev–Trinajstić information content (AvgIpc) is 2.57. The zero-order chi connectivity index (χ0) is 18.6. The Morgan fingerprint density at radius 3 is 2.08 bits per heavy atom. The van der Waals surface area contributed by atoms with Crippen LogP contribution in [0.3, 0.4) is 0 Å². The summed E-state index contributed by atoms with van der Waals surface area (Å²) in [4.78, 5) is 10.7. The molecule has 1 fully saturated rings. The van der Waals surface area contributed by atoms with E-state index in [-0.39, 0.29) is 0 Å². The van der Waals surface area contributed by atoms with E-state index in [9.17, 15) is 35.4 Å². The van der Waals surface area contributed by atoms with Gasteiger partial charge in [0, 0.05) is 0 Å². The Hall–Kier alpha value is -0.930. The molecule has 9 N–H and O–H groups in total. The lowest BCUT2D eigenvalue weighted by atomic mass is 9.98. The van der Waals surface area contributed by atoms with Crippen LogP contribution in [-0.2, 0) is 14.3 Å². The van der Waals surface area contributed by atoms with Gasteiger partial charge in [-0.1, -0.05) is 0 Å². The highest BCUT2D eigenvalue weighted by atomic mass is 16.7. The second kappa shape index (κ2) is 8.96. The van der Waals surface area contributed by atoms with Crippen LogP contribution < -0.4 is 0 Å². The molecule has 0 bridgehead atoms. The summed E-state index contributed by atoms with van der Waals surface area (Å²) in [6.45, 7) is -1.76. The largest absolute Gasteiger partial charge is 0.479 e. The van der Waals surface area contributed by atoms with Gasteiger partial charge in [0.25, 0.3) is 0 Å². The summed E-state index contributed by atoms with van der Waals surface area (Å²) < 4.78 is 9.98. The molecule has 0 aliphatic carbocycles. The molecule has 0 aromatic heterocycles. The monoisotopic (exact) mass is 358 g/mol. The molecule has 0 aromatic rings. The molecule has 12 heteroatoms. The van der Waals surface area contributed by atoms with E-state index in [0.717, 1.165) is 0 Å². The molecule has 0 spiro atoms. The molecule has 1 rings (SSSR count). The minimum absolute atomic E-state index is 0.766. The molecule has 1 aliphatic heterocycles. The van der Waals surface area contributed by atoms with E-state index in [4.69, 9.17) is 24.8 Å². The van der Waals surface area contributed by atoms with Crippen molar-refractivity contribution in [1.82, 2.24) is 0 Å². The van der Waals surface area contributed by atoms with Gasteiger partial charge in [-0.15, -0.1) is 0 Å². The zero-order valence-corrected chi connectivity index (χ0v) is 12.4.